The molecule has 1 aromatic heterocycles. The van der Waals surface area contributed by atoms with Crippen molar-refractivity contribution >= 4 is 188 Å². The second-order valence-corrected chi connectivity index (χ2v) is 24.5. The number of aromatic amines is 1. The minimum Gasteiger partial charge on any atom is -0.481 e. The lowest BCUT2D eigenvalue weighted by Crippen LogP contribution is -2.40. The predicted octanol–water partition coefficient (Wildman–Crippen LogP) is 17.3. The normalized spacial score (nSPS) is 10.5. The van der Waals surface area contributed by atoms with Crippen LogP contribution in [0.2, 0.25) is 0 Å². The zero-order valence-electron chi connectivity index (χ0n) is 51.7. The molecule has 0 aliphatic rings. The quantitative estimate of drug-likeness (QED) is 0.0130. The van der Waals surface area contributed by atoms with Gasteiger partial charge >= 0.3 is 30.2 Å². The van der Waals surface area contributed by atoms with Crippen LogP contribution >= 0.6 is 135 Å². The largest absolute Gasteiger partial charge is 0.481 e. The topological polar surface area (TPSA) is 331 Å². The molecular formula is C68H73Br3I4N6O15. The minimum absolute atomic E-state index is 0. The number of aliphatic carboxylic acids is 2. The number of rotatable bonds is 19. The number of benzene rings is 7. The summed E-state index contributed by atoms with van der Waals surface area (Å²) in [5, 5.41) is 23.7. The van der Waals surface area contributed by atoms with E-state index < -0.39 is 48.3 Å². The molecule has 96 heavy (non-hydrogen) atoms. The Morgan fingerprint density at radius 1 is 0.490 bits per heavy atom. The lowest BCUT2D eigenvalue weighted by Gasteiger charge is -2.13. The number of esters is 1. The number of H-pyrrole nitrogens is 1. The molecule has 3 atom stereocenters. The molecule has 0 unspecified atom stereocenters. The van der Waals surface area contributed by atoms with Gasteiger partial charge in [-0.05, 0) is 189 Å². The number of hydrogen-bond donors (Lipinski definition) is 7. The molecule has 0 spiro atoms. The molecule has 28 heteroatoms. The van der Waals surface area contributed by atoms with Crippen LogP contribution in [-0.4, -0.2) is 97.7 Å². The van der Waals surface area contributed by atoms with E-state index in [1.165, 1.54) is 17.4 Å². The number of nitrogens with one attached hydrogen (secondary N) is 4. The zero-order chi connectivity index (χ0) is 70.0. The van der Waals surface area contributed by atoms with Gasteiger partial charge in [-0.3, -0.25) is 24.0 Å². The molecule has 8 aromatic rings. The number of alkyl halides is 1. The summed E-state index contributed by atoms with van der Waals surface area (Å²) in [6, 6.07) is 55.9. The molecule has 9 N–H and O–H groups in total. The fraction of sp³-hybridized carbons (Fsp3) is 0.206. The molecule has 1 heterocycles. The van der Waals surface area contributed by atoms with Gasteiger partial charge in [0.25, 0.3) is 5.97 Å². The average molecular weight is 1960 g/mol. The number of halogens is 7. The summed E-state index contributed by atoms with van der Waals surface area (Å²) in [6.07, 6.45) is -0.171. The molecule has 514 valence electrons. The molecule has 0 aliphatic heterocycles. The summed E-state index contributed by atoms with van der Waals surface area (Å²) in [5.41, 5.74) is 6.60. The van der Waals surface area contributed by atoms with Crippen LogP contribution in [0.3, 0.4) is 0 Å². The van der Waals surface area contributed by atoms with Crippen LogP contribution in [0.1, 0.15) is 102 Å². The van der Waals surface area contributed by atoms with Crippen LogP contribution in [0, 0.1) is 14.3 Å². The maximum Gasteiger partial charge on any atom is 0.408 e. The summed E-state index contributed by atoms with van der Waals surface area (Å²) < 4.78 is 24.5. The number of carboxylic acid groups (broad SMARTS) is 2. The standard InChI is InChI=1S/C19H18IN3O2.C19H18INO5.C11H13NO4.C8H6BrIO.C8H7IO.C2H4O2.CH4.Br2.H3N/c1-13(22-19(24)25-12-14-5-3-2-4-6-14)18-21-11-17(23-18)15-7-9-16(20)10-8-15;1-13(21-19(24)26-11-14-5-3-2-4-6-14)18(23)25-12-17(22)15-7-9-16(20)10-8-15;1-8(10(13)14)12-11(15)16-7-9-5-3-2-4-6-9;9-5-8(11)6-1-3-7(10)4-2-6;1-6(10)7-2-4-8(9)5-3-7;1-2(3)4;;1-2;/h2-11,13H,12H2,1H3,(H,21,23)(H,22,24);2-10,13H,11-12H2,1H3,(H,21,24);2-6,8H,7H2,1H3,(H,12,15)(H,13,14);1-4H,5H2;2-5H,1H3;1H3,(H,3,4);1H4;;1H3/t2*13-;8-;;;;;;/m000....../s1. The van der Waals surface area contributed by atoms with Crippen molar-refractivity contribution in [2.24, 2.45) is 0 Å². The molecule has 0 bridgehead atoms. The van der Waals surface area contributed by atoms with Crippen molar-refractivity contribution < 1.29 is 72.3 Å². The van der Waals surface area contributed by atoms with E-state index in [2.05, 4.69) is 160 Å². The van der Waals surface area contributed by atoms with E-state index in [0.717, 1.165) is 56.7 Å². The van der Waals surface area contributed by atoms with Crippen molar-refractivity contribution in [3.63, 3.8) is 0 Å². The van der Waals surface area contributed by atoms with Crippen molar-refractivity contribution in [1.82, 2.24) is 32.1 Å². The Hall–Kier alpha value is -6.70. The molecule has 0 radical (unpaired) electrons. The molecule has 8 rings (SSSR count). The van der Waals surface area contributed by atoms with Gasteiger partial charge in [-0.2, -0.15) is 0 Å². The first-order valence-electron chi connectivity index (χ1n) is 27.7. The summed E-state index contributed by atoms with van der Waals surface area (Å²) >= 11 is 17.4. The van der Waals surface area contributed by atoms with Gasteiger partial charge < -0.3 is 56.2 Å². The summed E-state index contributed by atoms with van der Waals surface area (Å²) in [7, 11) is 0. The Kier molecular flexibility index (Phi) is 47.9. The molecule has 0 aliphatic carbocycles. The Bertz CT molecular complexity index is 3600. The van der Waals surface area contributed by atoms with Crippen molar-refractivity contribution in [1.29, 1.82) is 0 Å². The van der Waals surface area contributed by atoms with Crippen molar-refractivity contribution in [3.05, 3.63) is 248 Å². The van der Waals surface area contributed by atoms with Crippen LogP contribution in [0.15, 0.2) is 194 Å². The number of ketones is 3. The van der Waals surface area contributed by atoms with Gasteiger partial charge in [-0.15, -0.1) is 0 Å². The average Bonchev–Trinajstić information content (AvgIpc) is 1.78. The highest BCUT2D eigenvalue weighted by Crippen LogP contribution is 2.21. The Morgan fingerprint density at radius 2 is 0.823 bits per heavy atom. The smallest absolute Gasteiger partial charge is 0.408 e. The number of carboxylic acids is 2. The molecular weight excluding hydrogens is 1890 g/mol. The van der Waals surface area contributed by atoms with Gasteiger partial charge in [-0.25, -0.2) is 24.2 Å². The van der Waals surface area contributed by atoms with Crippen molar-refractivity contribution in [2.75, 3.05) is 11.9 Å². The minimum atomic E-state index is -1.10. The first-order chi connectivity index (χ1) is 44.8. The van der Waals surface area contributed by atoms with Gasteiger partial charge in [0.2, 0.25) is 0 Å². The van der Waals surface area contributed by atoms with Crippen molar-refractivity contribution in [2.45, 2.75) is 80.0 Å². The van der Waals surface area contributed by atoms with Crippen LogP contribution in [0.4, 0.5) is 14.4 Å². The first-order valence-corrected chi connectivity index (χ1v) is 36.8. The van der Waals surface area contributed by atoms with E-state index in [9.17, 15) is 38.4 Å². The lowest BCUT2D eigenvalue weighted by molar-refractivity contribution is -0.144. The second-order valence-electron chi connectivity index (χ2n) is 19.0. The molecule has 0 saturated heterocycles. The number of imidazole rings is 1. The van der Waals surface area contributed by atoms with E-state index >= 15 is 0 Å². The first kappa shape index (κ1) is 89.3. The van der Waals surface area contributed by atoms with Gasteiger partial charge in [0.05, 0.1) is 23.3 Å². The number of alkyl carbamates (subject to hydrolysis) is 3. The summed E-state index contributed by atoms with van der Waals surface area (Å²) in [6.45, 7) is 7.42. The molecule has 7 aromatic carbocycles. The molecule has 3 amide bonds. The molecule has 21 nitrogen and oxygen atoms in total. The molecule has 0 saturated carbocycles. The van der Waals surface area contributed by atoms with E-state index in [-0.39, 0.29) is 63.4 Å². The van der Waals surface area contributed by atoms with E-state index in [0.29, 0.717) is 16.7 Å². The number of nitrogens with zero attached hydrogens (tertiary/aromatic N) is 1. The number of amides is 3. The molecule has 0 fully saturated rings. The number of aromatic nitrogens is 2. The number of ether oxygens (including phenoxy) is 4. The fourth-order valence-electron chi connectivity index (χ4n) is 6.72. The van der Waals surface area contributed by atoms with Crippen LogP contribution in [0.25, 0.3) is 11.3 Å². The fourth-order valence-corrected chi connectivity index (χ4v) is 8.49. The van der Waals surface area contributed by atoms with Crippen LogP contribution < -0.4 is 22.1 Å². The highest BCUT2D eigenvalue weighted by atomic mass is 127. The monoisotopic (exact) mass is 1960 g/mol. The predicted molar refractivity (Wildman–Crippen MR) is 415 cm³/mol. The van der Waals surface area contributed by atoms with E-state index in [4.69, 9.17) is 34.0 Å². The Labute approximate surface area is 636 Å². The third-order valence-electron chi connectivity index (χ3n) is 11.6. The highest BCUT2D eigenvalue weighted by molar-refractivity contribution is 14.1. The maximum absolute atomic E-state index is 12.0. The third-order valence-corrected chi connectivity index (χ3v) is 15.0. The van der Waals surface area contributed by atoms with E-state index in [1.807, 2.05) is 171 Å². The van der Waals surface area contributed by atoms with Crippen molar-refractivity contribution in [3.8, 4) is 11.3 Å². The second kappa shape index (κ2) is 51.5. The van der Waals surface area contributed by atoms with Crippen LogP contribution in [-0.2, 0) is 53.2 Å². The third kappa shape index (κ3) is 39.5. The summed E-state index contributed by atoms with van der Waals surface area (Å²) in [5.74, 6) is -2.02. The van der Waals surface area contributed by atoms with Gasteiger partial charge in [0, 0.05) is 66.2 Å². The SMILES string of the molecule is BrBr.C.CC(=O)O.CC(=O)c1ccc(I)cc1.C[C@H](NC(=O)OCc1ccccc1)C(=O)O.C[C@H](NC(=O)OCc1ccccc1)C(=O)OCC(=O)c1ccc(I)cc1.C[C@H](NC(=O)OCc1ccccc1)c1ncc(-c2ccc(I)cc2)[nH]1.N.O=C(CBr)c1ccc(I)cc1. The highest BCUT2D eigenvalue weighted by Gasteiger charge is 2.20. The summed E-state index contributed by atoms with van der Waals surface area (Å²) in [4.78, 5) is 108. The zero-order valence-corrected chi connectivity index (χ0v) is 65.1. The number of carbonyl (C=O) groups excluding carboxylic acids is 7. The Balaban J connectivity index is 0.00000119. The van der Waals surface area contributed by atoms with Crippen LogP contribution in [0.5, 0.6) is 0 Å². The van der Waals surface area contributed by atoms with Gasteiger partial charge in [0.1, 0.15) is 37.7 Å². The Morgan fingerprint density at radius 3 is 1.18 bits per heavy atom. The number of hydrogen-bond acceptors (Lipinski definition) is 15. The number of carbonyl (C=O) groups is 9. The maximum atomic E-state index is 12.0. The van der Waals surface area contributed by atoms with Gasteiger partial charge in [0.15, 0.2) is 24.0 Å². The number of Topliss-reactive ketones (excluding diaryl/α,β-unsaturated/α-hetero) is 3. The van der Waals surface area contributed by atoms with E-state index in [1.54, 1.807) is 37.4 Å². The lowest BCUT2D eigenvalue weighted by atomic mass is 10.1. The van der Waals surface area contributed by atoms with Gasteiger partial charge in [-0.1, -0.05) is 163 Å².